The number of hydrogen-bond acceptors (Lipinski definition) is 6. The minimum absolute atomic E-state index is 0.0560. The van der Waals surface area contributed by atoms with Gasteiger partial charge in [0.15, 0.2) is 11.8 Å². The SMILES string of the molecule is COc1cc(O)c2c(c1)OC(c1ccccc1)C(=O)C2=NO. The second-order valence-electron chi connectivity index (χ2n) is 4.74. The Labute approximate surface area is 126 Å². The number of nitrogens with zero attached hydrogens (tertiary/aromatic N) is 1. The molecule has 0 saturated heterocycles. The predicted molar refractivity (Wildman–Crippen MR) is 77.8 cm³/mol. The number of methoxy groups -OCH3 is 1. The van der Waals surface area contributed by atoms with Gasteiger partial charge in [-0.1, -0.05) is 35.5 Å². The van der Waals surface area contributed by atoms with E-state index in [2.05, 4.69) is 5.16 Å². The van der Waals surface area contributed by atoms with E-state index >= 15 is 0 Å². The summed E-state index contributed by atoms with van der Waals surface area (Å²) in [4.78, 5) is 12.5. The fourth-order valence-corrected chi connectivity index (χ4v) is 2.40. The number of carbonyl (C=O) groups excluding carboxylic acids is 1. The van der Waals surface area contributed by atoms with Crippen LogP contribution >= 0.6 is 0 Å². The Kier molecular flexibility index (Phi) is 3.42. The molecule has 2 N–H and O–H groups in total. The summed E-state index contributed by atoms with van der Waals surface area (Å²) in [6.45, 7) is 0. The van der Waals surface area contributed by atoms with Gasteiger partial charge in [0.05, 0.1) is 12.7 Å². The normalized spacial score (nSPS) is 18.7. The molecule has 22 heavy (non-hydrogen) atoms. The minimum atomic E-state index is -0.939. The van der Waals surface area contributed by atoms with Gasteiger partial charge in [0, 0.05) is 17.7 Å². The van der Waals surface area contributed by atoms with Gasteiger partial charge in [-0.15, -0.1) is 0 Å². The van der Waals surface area contributed by atoms with Crippen molar-refractivity contribution in [1.29, 1.82) is 0 Å². The van der Waals surface area contributed by atoms with Crippen molar-refractivity contribution in [2.45, 2.75) is 6.10 Å². The minimum Gasteiger partial charge on any atom is -0.507 e. The van der Waals surface area contributed by atoms with Crippen LogP contribution in [0.5, 0.6) is 17.2 Å². The van der Waals surface area contributed by atoms with Crippen LogP contribution < -0.4 is 9.47 Å². The quantitative estimate of drug-likeness (QED) is 0.656. The van der Waals surface area contributed by atoms with Crippen LogP contribution in [0.1, 0.15) is 17.2 Å². The molecule has 0 bridgehead atoms. The molecule has 0 fully saturated rings. The van der Waals surface area contributed by atoms with Crippen molar-refractivity contribution in [2.75, 3.05) is 7.11 Å². The number of aromatic hydroxyl groups is 1. The van der Waals surface area contributed by atoms with Gasteiger partial charge >= 0.3 is 0 Å². The van der Waals surface area contributed by atoms with E-state index in [0.29, 0.717) is 11.3 Å². The summed E-state index contributed by atoms with van der Waals surface area (Å²) >= 11 is 0. The highest BCUT2D eigenvalue weighted by atomic mass is 16.5. The molecule has 1 atom stereocenters. The maximum Gasteiger partial charge on any atom is 0.230 e. The maximum atomic E-state index is 12.5. The van der Waals surface area contributed by atoms with E-state index in [9.17, 15) is 15.1 Å². The zero-order valence-corrected chi connectivity index (χ0v) is 11.7. The topological polar surface area (TPSA) is 88.4 Å². The van der Waals surface area contributed by atoms with Gasteiger partial charge in [-0.2, -0.15) is 0 Å². The first-order valence-electron chi connectivity index (χ1n) is 6.55. The summed E-state index contributed by atoms with van der Waals surface area (Å²) in [7, 11) is 1.45. The number of rotatable bonds is 2. The maximum absolute atomic E-state index is 12.5. The highest BCUT2D eigenvalue weighted by Crippen LogP contribution is 2.40. The van der Waals surface area contributed by atoms with Gasteiger partial charge in [-0.05, 0) is 0 Å². The van der Waals surface area contributed by atoms with Crippen LogP contribution in [0.3, 0.4) is 0 Å². The van der Waals surface area contributed by atoms with Crippen molar-refractivity contribution < 1.29 is 24.6 Å². The number of phenolic OH excluding ortho intramolecular Hbond substituents is 1. The van der Waals surface area contributed by atoms with Crippen molar-refractivity contribution >= 4 is 11.5 Å². The molecule has 6 heteroatoms. The number of hydrogen-bond donors (Lipinski definition) is 2. The predicted octanol–water partition coefficient (Wildman–Crippen LogP) is 2.28. The Hall–Kier alpha value is -3.02. The van der Waals surface area contributed by atoms with E-state index in [0.717, 1.165) is 0 Å². The van der Waals surface area contributed by atoms with Crippen LogP contribution in [0.2, 0.25) is 0 Å². The molecule has 1 unspecified atom stereocenters. The van der Waals surface area contributed by atoms with Crippen LogP contribution in [-0.2, 0) is 4.79 Å². The lowest BCUT2D eigenvalue weighted by Crippen LogP contribution is -2.32. The highest BCUT2D eigenvalue weighted by molar-refractivity contribution is 6.49. The largest absolute Gasteiger partial charge is 0.507 e. The molecule has 2 aromatic carbocycles. The Morgan fingerprint density at radius 2 is 1.95 bits per heavy atom. The average Bonchev–Trinajstić information content (AvgIpc) is 2.55. The van der Waals surface area contributed by atoms with Gasteiger partial charge in [0.1, 0.15) is 17.2 Å². The number of ether oxygens (including phenoxy) is 2. The van der Waals surface area contributed by atoms with Crippen molar-refractivity contribution in [3.05, 3.63) is 53.6 Å². The second kappa shape index (κ2) is 5.40. The molecule has 3 rings (SSSR count). The number of Topliss-reactive ketones (excluding diaryl/α,β-unsaturated/α-hetero) is 1. The van der Waals surface area contributed by atoms with E-state index in [-0.39, 0.29) is 22.8 Å². The van der Waals surface area contributed by atoms with E-state index in [1.54, 1.807) is 24.3 Å². The third-order valence-electron chi connectivity index (χ3n) is 3.45. The monoisotopic (exact) mass is 299 g/mol. The van der Waals surface area contributed by atoms with E-state index in [1.807, 2.05) is 6.07 Å². The number of benzene rings is 2. The Morgan fingerprint density at radius 1 is 1.23 bits per heavy atom. The summed E-state index contributed by atoms with van der Waals surface area (Å²) in [5.74, 6) is -0.184. The van der Waals surface area contributed by atoms with Crippen molar-refractivity contribution in [3.63, 3.8) is 0 Å². The zero-order valence-electron chi connectivity index (χ0n) is 11.7. The molecule has 0 radical (unpaired) electrons. The van der Waals surface area contributed by atoms with E-state index in [4.69, 9.17) is 9.47 Å². The lowest BCUT2D eigenvalue weighted by atomic mass is 9.93. The van der Waals surface area contributed by atoms with Crippen LogP contribution in [0.25, 0.3) is 0 Å². The first-order chi connectivity index (χ1) is 10.7. The number of carbonyl (C=O) groups is 1. The molecule has 0 saturated carbocycles. The third-order valence-corrected chi connectivity index (χ3v) is 3.45. The molecule has 0 spiro atoms. The van der Waals surface area contributed by atoms with Gasteiger partial charge in [-0.3, -0.25) is 4.79 Å². The summed E-state index contributed by atoms with van der Waals surface area (Å²) in [6, 6.07) is 11.7. The van der Waals surface area contributed by atoms with Crippen LogP contribution in [0.4, 0.5) is 0 Å². The molecule has 0 amide bonds. The Morgan fingerprint density at radius 3 is 2.59 bits per heavy atom. The first kappa shape index (κ1) is 13.9. The molecule has 2 aromatic rings. The van der Waals surface area contributed by atoms with Crippen molar-refractivity contribution in [1.82, 2.24) is 0 Å². The number of oxime groups is 1. The Bertz CT molecular complexity index is 755. The Balaban J connectivity index is 2.15. The van der Waals surface area contributed by atoms with Crippen LogP contribution in [0.15, 0.2) is 47.6 Å². The molecule has 1 aliphatic heterocycles. The molecular formula is C16H13NO5. The van der Waals surface area contributed by atoms with Crippen molar-refractivity contribution in [3.8, 4) is 17.2 Å². The standard InChI is InChI=1S/C16H13NO5/c1-21-10-7-11(18)13-12(8-10)22-16(15(19)14(13)17-20)9-5-3-2-4-6-9/h2-8,16,18,20H,1H3. The molecule has 1 heterocycles. The molecule has 0 aliphatic carbocycles. The number of ketones is 1. The molecule has 112 valence electrons. The van der Waals surface area contributed by atoms with Crippen LogP contribution in [0, 0.1) is 0 Å². The summed E-state index contributed by atoms with van der Waals surface area (Å²) < 4.78 is 10.8. The number of phenols is 1. The van der Waals surface area contributed by atoms with Gasteiger partial charge < -0.3 is 19.8 Å². The van der Waals surface area contributed by atoms with E-state index in [1.165, 1.54) is 19.2 Å². The fourth-order valence-electron chi connectivity index (χ4n) is 2.40. The zero-order chi connectivity index (χ0) is 15.7. The fraction of sp³-hybridized carbons (Fsp3) is 0.125. The van der Waals surface area contributed by atoms with Gasteiger partial charge in [-0.25, -0.2) is 0 Å². The molecular weight excluding hydrogens is 286 g/mol. The lowest BCUT2D eigenvalue weighted by molar-refractivity contribution is -0.120. The molecule has 0 aromatic heterocycles. The van der Waals surface area contributed by atoms with Crippen LogP contribution in [-0.4, -0.2) is 28.9 Å². The van der Waals surface area contributed by atoms with E-state index < -0.39 is 11.9 Å². The van der Waals surface area contributed by atoms with Gasteiger partial charge in [0.25, 0.3) is 0 Å². The van der Waals surface area contributed by atoms with Gasteiger partial charge in [0.2, 0.25) is 5.78 Å². The highest BCUT2D eigenvalue weighted by Gasteiger charge is 2.37. The lowest BCUT2D eigenvalue weighted by Gasteiger charge is -2.26. The average molecular weight is 299 g/mol. The third kappa shape index (κ3) is 2.14. The first-order valence-corrected chi connectivity index (χ1v) is 6.55. The summed E-state index contributed by atoms with van der Waals surface area (Å²) in [5, 5.41) is 22.3. The second-order valence-corrected chi connectivity index (χ2v) is 4.74. The summed E-state index contributed by atoms with van der Waals surface area (Å²) in [5.41, 5.74) is 0.442. The summed E-state index contributed by atoms with van der Waals surface area (Å²) in [6.07, 6.45) is -0.939. The molecule has 6 nitrogen and oxygen atoms in total. The van der Waals surface area contributed by atoms with Crippen molar-refractivity contribution in [2.24, 2.45) is 5.16 Å². The smallest absolute Gasteiger partial charge is 0.230 e. The number of fused-ring (bicyclic) bond motifs is 1. The molecule has 1 aliphatic rings.